The summed E-state index contributed by atoms with van der Waals surface area (Å²) in [5, 5.41) is 2.70. The van der Waals surface area contributed by atoms with Gasteiger partial charge in [0, 0.05) is 18.6 Å². The fourth-order valence-corrected chi connectivity index (χ4v) is 0.970. The van der Waals surface area contributed by atoms with Crippen LogP contribution >= 0.6 is 0 Å². The largest absolute Gasteiger partial charge is 0.390 e. The maximum absolute atomic E-state index is 11.7. The third kappa shape index (κ3) is 1.85. The summed E-state index contributed by atoms with van der Waals surface area (Å²) >= 11 is 0. The summed E-state index contributed by atoms with van der Waals surface area (Å²) in [6.07, 6.45) is -5.01. The van der Waals surface area contributed by atoms with Crippen LogP contribution in [0.5, 0.6) is 0 Å². The van der Waals surface area contributed by atoms with Crippen LogP contribution in [0, 0.1) is 0 Å². The van der Waals surface area contributed by atoms with Crippen LogP contribution < -0.4 is 11.1 Å². The monoisotopic (exact) mass is 154 g/mol. The molecule has 0 saturated carbocycles. The lowest BCUT2D eigenvalue weighted by Crippen LogP contribution is -2.67. The van der Waals surface area contributed by atoms with E-state index >= 15 is 0 Å². The average Bonchev–Trinajstić information content (AvgIpc) is 1.57. The van der Waals surface area contributed by atoms with E-state index in [1.807, 2.05) is 0 Å². The molecule has 0 aromatic carbocycles. The lowest BCUT2D eigenvalue weighted by atomic mass is 9.90. The smallest absolute Gasteiger partial charge is 0.323 e. The van der Waals surface area contributed by atoms with Gasteiger partial charge in [-0.3, -0.25) is 0 Å². The predicted molar refractivity (Wildman–Crippen MR) is 30.5 cm³/mol. The predicted octanol–water partition coefficient (Wildman–Crippen LogP) is 0.239. The lowest BCUT2D eigenvalue weighted by Gasteiger charge is -2.39. The Morgan fingerprint density at radius 1 is 1.40 bits per heavy atom. The maximum Gasteiger partial charge on any atom is 0.390 e. The van der Waals surface area contributed by atoms with E-state index in [1.54, 1.807) is 0 Å². The van der Waals surface area contributed by atoms with Crippen molar-refractivity contribution in [3.63, 3.8) is 0 Å². The molecular formula is C5H9F3N2. The van der Waals surface area contributed by atoms with Gasteiger partial charge in [0.15, 0.2) is 0 Å². The van der Waals surface area contributed by atoms with Crippen molar-refractivity contribution in [2.45, 2.75) is 18.1 Å². The Bertz CT molecular complexity index is 127. The summed E-state index contributed by atoms with van der Waals surface area (Å²) in [4.78, 5) is 0. The van der Waals surface area contributed by atoms with Gasteiger partial charge in [-0.1, -0.05) is 0 Å². The molecule has 0 atom stereocenters. The molecule has 1 heterocycles. The zero-order valence-electron chi connectivity index (χ0n) is 5.33. The van der Waals surface area contributed by atoms with E-state index < -0.39 is 18.1 Å². The van der Waals surface area contributed by atoms with Gasteiger partial charge >= 0.3 is 6.18 Å². The fraction of sp³-hybridized carbons (Fsp3) is 1.00. The molecule has 0 aromatic rings. The number of hydrogen-bond acceptors (Lipinski definition) is 2. The van der Waals surface area contributed by atoms with Crippen molar-refractivity contribution in [1.29, 1.82) is 0 Å². The van der Waals surface area contributed by atoms with Gasteiger partial charge in [-0.15, -0.1) is 0 Å². The maximum atomic E-state index is 11.7. The Kier molecular flexibility index (Phi) is 1.64. The zero-order chi connectivity index (χ0) is 7.83. The van der Waals surface area contributed by atoms with Crippen LogP contribution in [0.3, 0.4) is 0 Å². The molecule has 1 fully saturated rings. The molecule has 1 rings (SSSR count). The molecule has 0 bridgehead atoms. The van der Waals surface area contributed by atoms with Gasteiger partial charge in [-0.25, -0.2) is 0 Å². The zero-order valence-corrected chi connectivity index (χ0v) is 5.33. The highest BCUT2D eigenvalue weighted by atomic mass is 19.4. The molecule has 60 valence electrons. The highest BCUT2D eigenvalue weighted by Crippen LogP contribution is 2.27. The highest BCUT2D eigenvalue weighted by molar-refractivity contribution is 4.98. The molecule has 1 aliphatic rings. The Morgan fingerprint density at radius 2 is 1.90 bits per heavy atom. The molecule has 1 aliphatic heterocycles. The number of nitrogens with one attached hydrogen (secondary N) is 1. The Labute approximate surface area is 56.6 Å². The summed E-state index contributed by atoms with van der Waals surface area (Å²) in [5.41, 5.74) is 4.28. The highest BCUT2D eigenvalue weighted by Gasteiger charge is 2.43. The number of rotatable bonds is 1. The summed E-state index contributed by atoms with van der Waals surface area (Å²) in [6, 6.07) is 0. The van der Waals surface area contributed by atoms with Crippen LogP contribution in [-0.2, 0) is 0 Å². The van der Waals surface area contributed by atoms with Crippen molar-refractivity contribution >= 4 is 0 Å². The standard InChI is InChI=1S/C5H9F3N2/c6-5(7,8)1-4(9)2-10-3-4/h10H,1-3,9H2. The van der Waals surface area contributed by atoms with Crippen molar-refractivity contribution < 1.29 is 13.2 Å². The number of halogens is 3. The second-order valence-electron chi connectivity index (χ2n) is 2.76. The fourth-order valence-electron chi connectivity index (χ4n) is 0.970. The van der Waals surface area contributed by atoms with Gasteiger partial charge in [0.1, 0.15) is 0 Å². The molecule has 10 heavy (non-hydrogen) atoms. The summed E-state index contributed by atoms with van der Waals surface area (Å²) < 4.78 is 35.0. The van der Waals surface area contributed by atoms with E-state index in [2.05, 4.69) is 5.32 Å². The molecular weight excluding hydrogens is 145 g/mol. The van der Waals surface area contributed by atoms with E-state index in [0.29, 0.717) is 0 Å². The van der Waals surface area contributed by atoms with Crippen LogP contribution in [0.25, 0.3) is 0 Å². The first kappa shape index (κ1) is 7.81. The Hall–Kier alpha value is -0.290. The minimum atomic E-state index is -4.13. The normalized spacial score (nSPS) is 24.0. The number of hydrogen-bond donors (Lipinski definition) is 2. The van der Waals surface area contributed by atoms with E-state index in [9.17, 15) is 13.2 Å². The van der Waals surface area contributed by atoms with E-state index in [-0.39, 0.29) is 13.1 Å². The third-order valence-corrected chi connectivity index (χ3v) is 1.51. The van der Waals surface area contributed by atoms with Crippen molar-refractivity contribution in [1.82, 2.24) is 5.32 Å². The third-order valence-electron chi connectivity index (χ3n) is 1.51. The van der Waals surface area contributed by atoms with Gasteiger partial charge in [-0.2, -0.15) is 13.2 Å². The summed E-state index contributed by atoms with van der Waals surface area (Å²) in [6.45, 7) is 0.541. The van der Waals surface area contributed by atoms with Crippen LogP contribution in [0.4, 0.5) is 13.2 Å². The quantitative estimate of drug-likeness (QED) is 0.567. The molecule has 0 aliphatic carbocycles. The second kappa shape index (κ2) is 2.10. The minimum Gasteiger partial charge on any atom is -0.323 e. The number of nitrogens with two attached hydrogens (primary N) is 1. The topological polar surface area (TPSA) is 38.0 Å². The minimum absolute atomic E-state index is 0.270. The van der Waals surface area contributed by atoms with Gasteiger partial charge in [0.25, 0.3) is 0 Å². The van der Waals surface area contributed by atoms with Crippen molar-refractivity contribution in [3.05, 3.63) is 0 Å². The SMILES string of the molecule is NC1(CC(F)(F)F)CNC1. The molecule has 0 amide bonds. The Morgan fingerprint density at radius 3 is 2.00 bits per heavy atom. The summed E-state index contributed by atoms with van der Waals surface area (Å²) in [7, 11) is 0. The van der Waals surface area contributed by atoms with E-state index in [1.165, 1.54) is 0 Å². The van der Waals surface area contributed by atoms with Crippen LogP contribution in [0.1, 0.15) is 6.42 Å². The molecule has 1 saturated heterocycles. The van der Waals surface area contributed by atoms with E-state index in [4.69, 9.17) is 5.73 Å². The first-order valence-corrected chi connectivity index (χ1v) is 2.98. The first-order chi connectivity index (χ1) is 4.41. The second-order valence-corrected chi connectivity index (χ2v) is 2.76. The molecule has 3 N–H and O–H groups in total. The van der Waals surface area contributed by atoms with Crippen LogP contribution in [0.15, 0.2) is 0 Å². The van der Waals surface area contributed by atoms with Gasteiger partial charge < -0.3 is 11.1 Å². The molecule has 0 radical (unpaired) electrons. The summed E-state index contributed by atoms with van der Waals surface area (Å²) in [5.74, 6) is 0. The van der Waals surface area contributed by atoms with E-state index in [0.717, 1.165) is 0 Å². The van der Waals surface area contributed by atoms with Gasteiger partial charge in [0.2, 0.25) is 0 Å². The van der Waals surface area contributed by atoms with Crippen molar-refractivity contribution in [3.8, 4) is 0 Å². The molecule has 0 unspecified atom stereocenters. The Balaban J connectivity index is 2.37. The lowest BCUT2D eigenvalue weighted by molar-refractivity contribution is -0.151. The molecule has 2 nitrogen and oxygen atoms in total. The van der Waals surface area contributed by atoms with Gasteiger partial charge in [0.05, 0.1) is 6.42 Å². The van der Waals surface area contributed by atoms with Crippen LogP contribution in [0.2, 0.25) is 0 Å². The molecule has 0 aromatic heterocycles. The first-order valence-electron chi connectivity index (χ1n) is 2.98. The molecule has 5 heteroatoms. The van der Waals surface area contributed by atoms with Crippen molar-refractivity contribution in [2.75, 3.05) is 13.1 Å². The average molecular weight is 154 g/mol. The van der Waals surface area contributed by atoms with Crippen molar-refractivity contribution in [2.24, 2.45) is 5.73 Å². The number of alkyl halides is 3. The van der Waals surface area contributed by atoms with Gasteiger partial charge in [-0.05, 0) is 0 Å². The molecule has 0 spiro atoms. The van der Waals surface area contributed by atoms with Crippen LogP contribution in [-0.4, -0.2) is 24.8 Å².